The lowest BCUT2D eigenvalue weighted by atomic mass is 10.1. The highest BCUT2D eigenvalue weighted by Gasteiger charge is 2.26. The van der Waals surface area contributed by atoms with E-state index in [-0.39, 0.29) is 16.9 Å². The predicted molar refractivity (Wildman–Crippen MR) is 55.9 cm³/mol. The van der Waals surface area contributed by atoms with E-state index in [1.54, 1.807) is 0 Å². The van der Waals surface area contributed by atoms with Gasteiger partial charge >= 0.3 is 0 Å². The maximum atomic E-state index is 13.0. The quantitative estimate of drug-likeness (QED) is 0.782. The maximum Gasteiger partial charge on any atom is 0.201 e. The molecule has 0 spiro atoms. The van der Waals surface area contributed by atoms with Gasteiger partial charge in [-0.3, -0.25) is 0 Å². The molecule has 2 rings (SSSR count). The average Bonchev–Trinajstić information content (AvgIpc) is 2.46. The molecule has 0 saturated carbocycles. The van der Waals surface area contributed by atoms with Gasteiger partial charge in [-0.1, -0.05) is 11.6 Å². The Morgan fingerprint density at radius 1 is 1.47 bits per heavy atom. The van der Waals surface area contributed by atoms with Gasteiger partial charge in [-0.05, 0) is 36.1 Å². The van der Waals surface area contributed by atoms with E-state index >= 15 is 0 Å². The van der Waals surface area contributed by atoms with Gasteiger partial charge < -0.3 is 0 Å². The van der Waals surface area contributed by atoms with E-state index in [4.69, 9.17) is 11.6 Å². The Kier molecular flexibility index (Phi) is 2.95. The highest BCUT2D eigenvalue weighted by molar-refractivity contribution is 7.70. The molecule has 82 valence electrons. The van der Waals surface area contributed by atoms with Crippen molar-refractivity contribution in [1.82, 2.24) is 4.72 Å². The van der Waals surface area contributed by atoms with Gasteiger partial charge in [0.15, 0.2) is 0 Å². The first-order chi connectivity index (χ1) is 7.08. The lowest BCUT2D eigenvalue weighted by Crippen LogP contribution is -2.17. The summed E-state index contributed by atoms with van der Waals surface area (Å²) >= 11 is 5.88. The molecule has 0 unspecified atom stereocenters. The normalized spacial score (nSPS) is 19.5. The van der Waals surface area contributed by atoms with Crippen LogP contribution in [0.3, 0.4) is 0 Å². The van der Waals surface area contributed by atoms with E-state index in [1.807, 2.05) is 0 Å². The van der Waals surface area contributed by atoms with Crippen molar-refractivity contribution in [3.05, 3.63) is 34.1 Å². The van der Waals surface area contributed by atoms with E-state index in [9.17, 15) is 12.8 Å². The summed E-state index contributed by atoms with van der Waals surface area (Å²) in [6.07, 6.45) is 1.27. The van der Waals surface area contributed by atoms with Gasteiger partial charge in [0.1, 0.15) is 5.82 Å². The van der Waals surface area contributed by atoms with Crippen LogP contribution in [-0.4, -0.2) is 8.42 Å². The molecule has 0 fully saturated rings. The van der Waals surface area contributed by atoms with E-state index in [0.29, 0.717) is 18.4 Å². The molecule has 6 heteroatoms. The van der Waals surface area contributed by atoms with Gasteiger partial charge in [-0.2, -0.15) is 0 Å². The van der Waals surface area contributed by atoms with Crippen molar-refractivity contribution in [2.75, 3.05) is 0 Å². The molecule has 0 bridgehead atoms. The average molecular weight is 250 g/mol. The first kappa shape index (κ1) is 10.9. The van der Waals surface area contributed by atoms with Crippen LogP contribution >= 0.6 is 11.6 Å². The molecule has 1 aliphatic rings. The van der Waals surface area contributed by atoms with E-state index in [0.717, 1.165) is 5.56 Å². The highest BCUT2D eigenvalue weighted by atomic mass is 35.5. The molecular weight excluding hydrogens is 241 g/mol. The van der Waals surface area contributed by atoms with Crippen molar-refractivity contribution >= 4 is 22.5 Å². The van der Waals surface area contributed by atoms with Crippen LogP contribution in [0.25, 0.3) is 0 Å². The standard InChI is InChI=1S/C9H9ClFNO2S/c10-7-4-6(11)3-5-1-2-8(9(5)7)12-15(13)14/h3-4,8,15H,1-2H2,(H,12,13,14)/t8-/m0/s1. The SMILES string of the molecule is O=[SH](=O)N[C@H]1CCc2cc(F)cc(Cl)c21. The zero-order valence-corrected chi connectivity index (χ0v) is 9.32. The fourth-order valence-corrected chi connectivity index (χ4v) is 2.81. The van der Waals surface area contributed by atoms with Crippen molar-refractivity contribution in [1.29, 1.82) is 0 Å². The number of fused-ring (bicyclic) bond motifs is 1. The Morgan fingerprint density at radius 3 is 2.87 bits per heavy atom. The van der Waals surface area contributed by atoms with Gasteiger partial charge in [0.2, 0.25) is 10.9 Å². The van der Waals surface area contributed by atoms with Gasteiger partial charge in [0.05, 0.1) is 0 Å². The number of hydrogen-bond acceptors (Lipinski definition) is 2. The van der Waals surface area contributed by atoms with Crippen LogP contribution in [-0.2, 0) is 17.3 Å². The topological polar surface area (TPSA) is 46.2 Å². The number of thiol groups is 1. The van der Waals surface area contributed by atoms with E-state index < -0.39 is 10.9 Å². The van der Waals surface area contributed by atoms with E-state index in [1.165, 1.54) is 12.1 Å². The van der Waals surface area contributed by atoms with Crippen LogP contribution in [0.15, 0.2) is 12.1 Å². The summed E-state index contributed by atoms with van der Waals surface area (Å²) in [5, 5.41) is 0.289. The highest BCUT2D eigenvalue weighted by Crippen LogP contribution is 2.36. The Morgan fingerprint density at radius 2 is 2.20 bits per heavy atom. The Hall–Kier alpha value is -0.650. The van der Waals surface area contributed by atoms with Crippen LogP contribution < -0.4 is 4.72 Å². The lowest BCUT2D eigenvalue weighted by molar-refractivity contribution is 0.573. The van der Waals surface area contributed by atoms with Crippen LogP contribution in [0.1, 0.15) is 23.6 Å². The number of halogens is 2. The predicted octanol–water partition coefficient (Wildman–Crippen LogP) is 1.58. The zero-order valence-electron chi connectivity index (χ0n) is 7.67. The molecule has 0 aromatic heterocycles. The minimum atomic E-state index is -2.66. The fraction of sp³-hybridized carbons (Fsp3) is 0.333. The summed E-state index contributed by atoms with van der Waals surface area (Å²) in [4.78, 5) is 0. The number of hydrogen-bond donors (Lipinski definition) is 2. The molecule has 0 amide bonds. The van der Waals surface area contributed by atoms with Gasteiger partial charge in [0, 0.05) is 11.1 Å². The molecule has 1 aromatic rings. The first-order valence-electron chi connectivity index (χ1n) is 4.46. The molecular formula is C9H9ClFNO2S. The van der Waals surface area contributed by atoms with Crippen LogP contribution in [0, 0.1) is 5.82 Å². The smallest absolute Gasteiger partial charge is 0.201 e. The monoisotopic (exact) mass is 249 g/mol. The molecule has 3 nitrogen and oxygen atoms in total. The van der Waals surface area contributed by atoms with Crippen molar-refractivity contribution in [3.63, 3.8) is 0 Å². The second kappa shape index (κ2) is 4.08. The Labute approximate surface area is 93.3 Å². The first-order valence-corrected chi connectivity index (χ1v) is 6.02. The molecule has 0 radical (unpaired) electrons. The molecule has 0 aliphatic heterocycles. The number of benzene rings is 1. The zero-order chi connectivity index (χ0) is 11.0. The summed E-state index contributed by atoms with van der Waals surface area (Å²) in [5.41, 5.74) is 1.49. The largest absolute Gasteiger partial charge is 0.215 e. The molecule has 1 aromatic carbocycles. The minimum absolute atomic E-state index is 0.289. The molecule has 0 saturated heterocycles. The summed E-state index contributed by atoms with van der Waals surface area (Å²) < 4.78 is 36.5. The lowest BCUT2D eigenvalue weighted by Gasteiger charge is -2.10. The van der Waals surface area contributed by atoms with Crippen LogP contribution in [0.2, 0.25) is 5.02 Å². The minimum Gasteiger partial charge on any atom is -0.215 e. The summed E-state index contributed by atoms with van der Waals surface area (Å²) in [7, 11) is -2.66. The van der Waals surface area contributed by atoms with Crippen LogP contribution in [0.4, 0.5) is 4.39 Å². The maximum absolute atomic E-state index is 13.0. The number of nitrogens with one attached hydrogen (secondary N) is 1. The van der Waals surface area contributed by atoms with Gasteiger partial charge in [-0.15, -0.1) is 0 Å². The third kappa shape index (κ3) is 2.14. The molecule has 1 atom stereocenters. The number of aryl methyl sites for hydroxylation is 1. The summed E-state index contributed by atoms with van der Waals surface area (Å²) in [6, 6.07) is 2.30. The Bertz CT molecular complexity index is 467. The number of rotatable bonds is 2. The summed E-state index contributed by atoms with van der Waals surface area (Å²) in [6.45, 7) is 0. The molecule has 0 heterocycles. The van der Waals surface area contributed by atoms with Gasteiger partial charge in [-0.25, -0.2) is 17.5 Å². The second-order valence-electron chi connectivity index (χ2n) is 3.44. The third-order valence-corrected chi connectivity index (χ3v) is 3.33. The fourth-order valence-electron chi connectivity index (χ4n) is 1.94. The summed E-state index contributed by atoms with van der Waals surface area (Å²) in [5.74, 6) is -0.383. The van der Waals surface area contributed by atoms with Gasteiger partial charge in [0.25, 0.3) is 0 Å². The van der Waals surface area contributed by atoms with E-state index in [2.05, 4.69) is 4.72 Å². The molecule has 1 aliphatic carbocycles. The van der Waals surface area contributed by atoms with Crippen molar-refractivity contribution in [2.24, 2.45) is 0 Å². The Balaban J connectivity index is 2.41. The molecule has 1 N–H and O–H groups in total. The van der Waals surface area contributed by atoms with Crippen molar-refractivity contribution in [2.45, 2.75) is 18.9 Å². The van der Waals surface area contributed by atoms with Crippen molar-refractivity contribution in [3.8, 4) is 0 Å². The third-order valence-electron chi connectivity index (χ3n) is 2.49. The molecule has 15 heavy (non-hydrogen) atoms. The van der Waals surface area contributed by atoms with Crippen molar-refractivity contribution < 1.29 is 12.8 Å². The van der Waals surface area contributed by atoms with Crippen LogP contribution in [0.5, 0.6) is 0 Å². The second-order valence-corrected chi connectivity index (χ2v) is 4.62.